The van der Waals surface area contributed by atoms with E-state index in [1.54, 1.807) is 6.92 Å². The molecule has 0 saturated heterocycles. The van der Waals surface area contributed by atoms with E-state index in [0.717, 1.165) is 0 Å². The molecule has 0 aliphatic carbocycles. The van der Waals surface area contributed by atoms with Gasteiger partial charge in [-0.05, 0) is 6.92 Å². The fourth-order valence-corrected chi connectivity index (χ4v) is 1.15. The normalized spacial score (nSPS) is 11.5. The molecule has 0 aliphatic rings. The van der Waals surface area contributed by atoms with Crippen molar-refractivity contribution < 1.29 is 4.79 Å². The molecule has 0 fully saturated rings. The van der Waals surface area contributed by atoms with Crippen LogP contribution in [0.1, 0.15) is 13.3 Å². The number of nitrogens with zero attached hydrogens (tertiary/aromatic N) is 5. The zero-order valence-corrected chi connectivity index (χ0v) is 9.01. The van der Waals surface area contributed by atoms with Crippen LogP contribution in [-0.4, -0.2) is 42.0 Å². The summed E-state index contributed by atoms with van der Waals surface area (Å²) < 4.78 is 0. The number of H-pyrrole nitrogens is 2. The molecule has 2 aromatic rings. The molecule has 2 aromatic heterocycles. The number of aromatic amines is 2. The molecular formula is C8H10N8O. The molecule has 0 bridgehead atoms. The average Bonchev–Trinajstić information content (AvgIpc) is 2.90. The lowest BCUT2D eigenvalue weighted by Gasteiger charge is -2.00. The van der Waals surface area contributed by atoms with Gasteiger partial charge in [0.05, 0.1) is 6.42 Å². The van der Waals surface area contributed by atoms with Crippen LogP contribution in [0.25, 0.3) is 0 Å². The first-order chi connectivity index (χ1) is 8.24. The van der Waals surface area contributed by atoms with Crippen molar-refractivity contribution in [1.82, 2.24) is 30.4 Å². The summed E-state index contributed by atoms with van der Waals surface area (Å²) in [4.78, 5) is 23.2. The number of rotatable bonds is 4. The number of hydrogen-bond acceptors (Lipinski definition) is 6. The van der Waals surface area contributed by atoms with Gasteiger partial charge in [-0.2, -0.15) is 20.2 Å². The summed E-state index contributed by atoms with van der Waals surface area (Å²) in [6.07, 6.45) is 2.80. The maximum atomic E-state index is 11.5. The van der Waals surface area contributed by atoms with Crippen molar-refractivity contribution in [3.8, 4) is 0 Å². The van der Waals surface area contributed by atoms with Gasteiger partial charge < -0.3 is 0 Å². The number of aliphatic imine (C=N–C) groups is 1. The van der Waals surface area contributed by atoms with Crippen LogP contribution < -0.4 is 5.32 Å². The molecule has 1 amide bonds. The Labute approximate surface area is 95.8 Å². The Kier molecular flexibility index (Phi) is 3.19. The molecule has 0 unspecified atom stereocenters. The molecule has 17 heavy (non-hydrogen) atoms. The van der Waals surface area contributed by atoms with Crippen molar-refractivity contribution in [2.24, 2.45) is 4.99 Å². The number of carbonyl (C=O) groups excluding carboxylic acids is 1. The fourth-order valence-electron chi connectivity index (χ4n) is 1.15. The lowest BCUT2D eigenvalue weighted by molar-refractivity contribution is -0.115. The second-order valence-electron chi connectivity index (χ2n) is 3.22. The third-order valence-corrected chi connectivity index (χ3v) is 1.79. The van der Waals surface area contributed by atoms with E-state index in [1.165, 1.54) is 12.7 Å². The van der Waals surface area contributed by atoms with Crippen LogP contribution in [0.15, 0.2) is 17.6 Å². The Hall–Kier alpha value is -2.58. The van der Waals surface area contributed by atoms with Gasteiger partial charge in [0.15, 0.2) is 0 Å². The molecular weight excluding hydrogens is 224 g/mol. The highest BCUT2D eigenvalue weighted by molar-refractivity contribution is 6.05. The Balaban J connectivity index is 1.90. The molecule has 3 N–H and O–H groups in total. The highest BCUT2D eigenvalue weighted by Gasteiger charge is 2.06. The number of anilines is 1. The molecule has 0 atom stereocenters. The van der Waals surface area contributed by atoms with Crippen molar-refractivity contribution in [3.05, 3.63) is 12.7 Å². The summed E-state index contributed by atoms with van der Waals surface area (Å²) in [7, 11) is 0. The highest BCUT2D eigenvalue weighted by Crippen LogP contribution is 2.02. The Morgan fingerprint density at radius 1 is 1.35 bits per heavy atom. The minimum Gasteiger partial charge on any atom is -0.295 e. The van der Waals surface area contributed by atoms with Crippen molar-refractivity contribution in [2.45, 2.75) is 13.3 Å². The van der Waals surface area contributed by atoms with Gasteiger partial charge in [-0.1, -0.05) is 0 Å². The molecule has 0 radical (unpaired) electrons. The maximum Gasteiger partial charge on any atom is 0.245 e. The molecule has 2 rings (SSSR count). The zero-order chi connectivity index (χ0) is 12.1. The minimum atomic E-state index is -0.234. The Bertz CT molecular complexity index is 500. The van der Waals surface area contributed by atoms with Crippen molar-refractivity contribution >= 4 is 23.5 Å². The fraction of sp³-hybridized carbons (Fsp3) is 0.250. The maximum absolute atomic E-state index is 11.5. The van der Waals surface area contributed by atoms with E-state index in [1.807, 2.05) is 0 Å². The predicted molar refractivity (Wildman–Crippen MR) is 58.8 cm³/mol. The van der Waals surface area contributed by atoms with E-state index in [-0.39, 0.29) is 12.3 Å². The van der Waals surface area contributed by atoms with Crippen LogP contribution in [0.4, 0.5) is 11.9 Å². The van der Waals surface area contributed by atoms with Crippen molar-refractivity contribution in [2.75, 3.05) is 5.32 Å². The molecule has 9 nitrogen and oxygen atoms in total. The van der Waals surface area contributed by atoms with Crippen LogP contribution in [-0.2, 0) is 4.79 Å². The Morgan fingerprint density at radius 2 is 2.12 bits per heavy atom. The summed E-state index contributed by atoms with van der Waals surface area (Å²) in [5, 5.41) is 14.9. The summed E-state index contributed by atoms with van der Waals surface area (Å²) in [6, 6.07) is 0. The SMILES string of the molecule is C/C(CC(=O)Nc1ncn[nH]1)=N\c1ncn[nH]1. The molecule has 0 spiro atoms. The smallest absolute Gasteiger partial charge is 0.245 e. The number of nitrogens with one attached hydrogen (secondary N) is 3. The van der Waals surface area contributed by atoms with E-state index >= 15 is 0 Å². The van der Waals surface area contributed by atoms with Crippen LogP contribution in [0.3, 0.4) is 0 Å². The van der Waals surface area contributed by atoms with Crippen LogP contribution in [0.5, 0.6) is 0 Å². The molecule has 2 heterocycles. The first-order valence-electron chi connectivity index (χ1n) is 4.79. The van der Waals surface area contributed by atoms with Crippen molar-refractivity contribution in [1.29, 1.82) is 0 Å². The van der Waals surface area contributed by atoms with Gasteiger partial charge in [0.25, 0.3) is 0 Å². The molecule has 0 aromatic carbocycles. The van der Waals surface area contributed by atoms with E-state index in [4.69, 9.17) is 0 Å². The number of amides is 1. The number of hydrogen-bond donors (Lipinski definition) is 3. The predicted octanol–water partition coefficient (Wildman–Crippen LogP) is 0.0440. The summed E-state index contributed by atoms with van der Waals surface area (Å²) in [5.41, 5.74) is 0.610. The van der Waals surface area contributed by atoms with Gasteiger partial charge >= 0.3 is 0 Å². The van der Waals surface area contributed by atoms with Gasteiger partial charge in [0.1, 0.15) is 12.7 Å². The number of carbonyl (C=O) groups is 1. The molecule has 0 aliphatic heterocycles. The zero-order valence-electron chi connectivity index (χ0n) is 9.01. The van der Waals surface area contributed by atoms with Gasteiger partial charge in [0, 0.05) is 5.71 Å². The quantitative estimate of drug-likeness (QED) is 0.644. The van der Waals surface area contributed by atoms with Gasteiger partial charge in [-0.15, -0.1) is 0 Å². The third kappa shape index (κ3) is 3.19. The van der Waals surface area contributed by atoms with E-state index in [2.05, 4.69) is 40.7 Å². The summed E-state index contributed by atoms with van der Waals surface area (Å²) >= 11 is 0. The van der Waals surface area contributed by atoms with Crippen molar-refractivity contribution in [3.63, 3.8) is 0 Å². The number of aromatic nitrogens is 6. The molecule has 9 heteroatoms. The largest absolute Gasteiger partial charge is 0.295 e. The summed E-state index contributed by atoms with van der Waals surface area (Å²) in [5.74, 6) is 0.444. The monoisotopic (exact) mass is 234 g/mol. The second-order valence-corrected chi connectivity index (χ2v) is 3.22. The van der Waals surface area contributed by atoms with E-state index < -0.39 is 0 Å². The standard InChI is InChI=1S/C8H10N8O/c1-5(13-7-9-3-11-15-7)2-6(17)14-8-10-4-12-16-8/h3-4H,2H2,1H3,(H,9,11,15)(H2,10,12,14,16,17)/b13-5+. The first kappa shape index (κ1) is 10.9. The minimum absolute atomic E-state index is 0.140. The Morgan fingerprint density at radius 3 is 2.76 bits per heavy atom. The topological polar surface area (TPSA) is 125 Å². The molecule has 88 valence electrons. The van der Waals surface area contributed by atoms with E-state index in [0.29, 0.717) is 17.6 Å². The first-order valence-corrected chi connectivity index (χ1v) is 4.79. The van der Waals surface area contributed by atoms with E-state index in [9.17, 15) is 4.79 Å². The highest BCUT2D eigenvalue weighted by atomic mass is 16.1. The summed E-state index contributed by atoms with van der Waals surface area (Å²) in [6.45, 7) is 1.72. The second kappa shape index (κ2) is 4.96. The van der Waals surface area contributed by atoms with Crippen LogP contribution in [0, 0.1) is 0 Å². The average molecular weight is 234 g/mol. The van der Waals surface area contributed by atoms with Crippen LogP contribution in [0.2, 0.25) is 0 Å². The van der Waals surface area contributed by atoms with Gasteiger partial charge in [-0.3, -0.25) is 10.1 Å². The van der Waals surface area contributed by atoms with Gasteiger partial charge in [-0.25, -0.2) is 15.2 Å². The lowest BCUT2D eigenvalue weighted by Crippen LogP contribution is -2.15. The third-order valence-electron chi connectivity index (χ3n) is 1.79. The molecule has 0 saturated carbocycles. The lowest BCUT2D eigenvalue weighted by atomic mass is 10.3. The van der Waals surface area contributed by atoms with Gasteiger partial charge in [0.2, 0.25) is 17.8 Å². The van der Waals surface area contributed by atoms with Crippen LogP contribution >= 0.6 is 0 Å².